The van der Waals surface area contributed by atoms with Gasteiger partial charge in [-0.3, -0.25) is 0 Å². The van der Waals surface area contributed by atoms with E-state index in [2.05, 4.69) is 13.8 Å². The lowest BCUT2D eigenvalue weighted by Crippen LogP contribution is -2.55. The van der Waals surface area contributed by atoms with Crippen molar-refractivity contribution in [1.82, 2.24) is 0 Å². The van der Waals surface area contributed by atoms with Crippen LogP contribution in [0.3, 0.4) is 0 Å². The molecule has 110 valence electrons. The molecule has 3 rings (SSSR count). The summed E-state index contributed by atoms with van der Waals surface area (Å²) in [4.78, 5) is 0. The van der Waals surface area contributed by atoms with Gasteiger partial charge in [0.25, 0.3) is 0 Å². The van der Waals surface area contributed by atoms with Crippen molar-refractivity contribution in [3.05, 3.63) is 0 Å². The average molecular weight is 268 g/mol. The van der Waals surface area contributed by atoms with E-state index in [0.29, 0.717) is 17.8 Å². The van der Waals surface area contributed by atoms with Crippen LogP contribution in [0.15, 0.2) is 0 Å². The van der Waals surface area contributed by atoms with E-state index >= 15 is 0 Å². The summed E-state index contributed by atoms with van der Waals surface area (Å²) >= 11 is 0. The molecular formula is C16H28O3. The molecule has 0 aromatic rings. The van der Waals surface area contributed by atoms with Crippen LogP contribution in [0.4, 0.5) is 0 Å². The van der Waals surface area contributed by atoms with Crippen molar-refractivity contribution in [3.8, 4) is 0 Å². The second-order valence-corrected chi connectivity index (χ2v) is 7.77. The third-order valence-electron chi connectivity index (χ3n) is 7.11. The van der Waals surface area contributed by atoms with Gasteiger partial charge in [-0.1, -0.05) is 13.8 Å². The molecule has 0 amide bonds. The van der Waals surface area contributed by atoms with Crippen molar-refractivity contribution in [1.29, 1.82) is 0 Å². The van der Waals surface area contributed by atoms with E-state index in [4.69, 9.17) is 0 Å². The number of hydrogen-bond donors (Lipinski definition) is 3. The van der Waals surface area contributed by atoms with Crippen molar-refractivity contribution < 1.29 is 15.3 Å². The second kappa shape index (κ2) is 4.44. The maximum atomic E-state index is 10.3. The molecule has 3 N–H and O–H groups in total. The van der Waals surface area contributed by atoms with E-state index in [0.717, 1.165) is 38.5 Å². The molecule has 0 aromatic heterocycles. The Kier molecular flexibility index (Phi) is 3.23. The van der Waals surface area contributed by atoms with Crippen LogP contribution >= 0.6 is 0 Å². The summed E-state index contributed by atoms with van der Waals surface area (Å²) in [6, 6.07) is 0. The van der Waals surface area contributed by atoms with Crippen LogP contribution in [-0.4, -0.2) is 34.1 Å². The first-order valence-electron chi connectivity index (χ1n) is 7.90. The maximum Gasteiger partial charge on any atom is 0.0618 e. The van der Waals surface area contributed by atoms with Crippen LogP contribution in [-0.2, 0) is 0 Å². The summed E-state index contributed by atoms with van der Waals surface area (Å²) in [6.45, 7) is 4.40. The van der Waals surface area contributed by atoms with Crippen molar-refractivity contribution >= 4 is 0 Å². The lowest BCUT2D eigenvalue weighted by Gasteiger charge is -2.57. The molecular weight excluding hydrogens is 240 g/mol. The number of fused-ring (bicyclic) bond motifs is 3. The van der Waals surface area contributed by atoms with Gasteiger partial charge in [0.15, 0.2) is 0 Å². The Bertz CT molecular complexity index is 358. The number of hydrogen-bond acceptors (Lipinski definition) is 3. The third kappa shape index (κ3) is 1.74. The molecule has 3 heteroatoms. The average Bonchev–Trinajstić information content (AvgIpc) is 2.70. The van der Waals surface area contributed by atoms with E-state index < -0.39 is 0 Å². The van der Waals surface area contributed by atoms with Gasteiger partial charge in [-0.2, -0.15) is 0 Å². The molecule has 0 radical (unpaired) electrons. The summed E-state index contributed by atoms with van der Waals surface area (Å²) in [6.07, 6.45) is 5.50. The molecule has 3 fully saturated rings. The molecule has 3 nitrogen and oxygen atoms in total. The molecule has 0 heterocycles. The van der Waals surface area contributed by atoms with Gasteiger partial charge in [-0.05, 0) is 61.7 Å². The smallest absolute Gasteiger partial charge is 0.0618 e. The first-order chi connectivity index (χ1) is 8.93. The van der Waals surface area contributed by atoms with Crippen LogP contribution in [0, 0.1) is 28.6 Å². The lowest BCUT2D eigenvalue weighted by atomic mass is 9.49. The van der Waals surface area contributed by atoms with Crippen LogP contribution in [0.1, 0.15) is 52.4 Å². The molecule has 3 saturated carbocycles. The highest BCUT2D eigenvalue weighted by Crippen LogP contribution is 2.62. The molecule has 3 aliphatic carbocycles. The maximum absolute atomic E-state index is 10.3. The van der Waals surface area contributed by atoms with Crippen LogP contribution in [0.5, 0.6) is 0 Å². The fraction of sp³-hybridized carbons (Fsp3) is 1.00. The minimum absolute atomic E-state index is 0.0832. The SMILES string of the molecule is C[C@]1(CO)C(O)CC[C@@H]2C1CC[C@]1(C)C(O)CC[C@@H]21. The molecule has 0 spiro atoms. The van der Waals surface area contributed by atoms with Crippen molar-refractivity contribution in [2.24, 2.45) is 28.6 Å². The summed E-state index contributed by atoms with van der Waals surface area (Å²) in [5, 5.41) is 30.4. The zero-order chi connectivity index (χ0) is 13.8. The Labute approximate surface area is 116 Å². The first-order valence-corrected chi connectivity index (χ1v) is 7.90. The monoisotopic (exact) mass is 268 g/mol. The first kappa shape index (κ1) is 13.8. The Morgan fingerprint density at radius 3 is 2.26 bits per heavy atom. The van der Waals surface area contributed by atoms with E-state index in [1.807, 2.05) is 0 Å². The van der Waals surface area contributed by atoms with Crippen LogP contribution < -0.4 is 0 Å². The normalized spacial score (nSPS) is 57.6. The van der Waals surface area contributed by atoms with Crippen LogP contribution in [0.25, 0.3) is 0 Å². The Morgan fingerprint density at radius 2 is 1.58 bits per heavy atom. The van der Waals surface area contributed by atoms with E-state index in [9.17, 15) is 15.3 Å². The fourth-order valence-electron chi connectivity index (χ4n) is 5.63. The predicted octanol–water partition coefficient (Wildman–Crippen LogP) is 1.94. The lowest BCUT2D eigenvalue weighted by molar-refractivity contribution is -0.149. The zero-order valence-electron chi connectivity index (χ0n) is 12.2. The molecule has 7 atom stereocenters. The molecule has 0 aromatic carbocycles. The molecule has 0 aliphatic heterocycles. The second-order valence-electron chi connectivity index (χ2n) is 7.77. The summed E-state index contributed by atoms with van der Waals surface area (Å²) in [5.74, 6) is 1.58. The highest BCUT2D eigenvalue weighted by Gasteiger charge is 2.59. The largest absolute Gasteiger partial charge is 0.396 e. The van der Waals surface area contributed by atoms with Gasteiger partial charge in [0, 0.05) is 5.41 Å². The van der Waals surface area contributed by atoms with Gasteiger partial charge in [0.2, 0.25) is 0 Å². The topological polar surface area (TPSA) is 60.7 Å². The van der Waals surface area contributed by atoms with E-state index in [1.165, 1.54) is 0 Å². The standard InChI is InChI=1S/C16H28O3/c1-15-8-7-12-10(11(15)4-6-13(15)18)3-5-14(19)16(12,2)9-17/h10-14,17-19H,3-9H2,1-2H3/t10-,11-,12?,13?,14?,15-,16+/m0/s1. The molecule has 3 aliphatic rings. The van der Waals surface area contributed by atoms with Gasteiger partial charge in [-0.15, -0.1) is 0 Å². The number of aliphatic hydroxyl groups is 3. The highest BCUT2D eigenvalue weighted by atomic mass is 16.3. The van der Waals surface area contributed by atoms with Gasteiger partial charge < -0.3 is 15.3 Å². The predicted molar refractivity (Wildman–Crippen MR) is 73.5 cm³/mol. The van der Waals surface area contributed by atoms with Crippen molar-refractivity contribution in [2.45, 2.75) is 64.6 Å². The molecule has 19 heavy (non-hydrogen) atoms. The summed E-state index contributed by atoms with van der Waals surface area (Å²) < 4.78 is 0. The quantitative estimate of drug-likeness (QED) is 0.681. The Hall–Kier alpha value is -0.120. The van der Waals surface area contributed by atoms with E-state index in [-0.39, 0.29) is 29.6 Å². The summed E-state index contributed by atoms with van der Waals surface area (Å²) in [5.41, 5.74) is -0.252. The third-order valence-corrected chi connectivity index (χ3v) is 7.11. The number of rotatable bonds is 1. The summed E-state index contributed by atoms with van der Waals surface area (Å²) in [7, 11) is 0. The van der Waals surface area contributed by atoms with Gasteiger partial charge in [0.05, 0.1) is 18.8 Å². The van der Waals surface area contributed by atoms with Crippen LogP contribution in [0.2, 0.25) is 0 Å². The van der Waals surface area contributed by atoms with Gasteiger partial charge >= 0.3 is 0 Å². The number of aliphatic hydroxyl groups excluding tert-OH is 3. The van der Waals surface area contributed by atoms with Gasteiger partial charge in [-0.25, -0.2) is 0 Å². The molecule has 0 saturated heterocycles. The zero-order valence-corrected chi connectivity index (χ0v) is 12.2. The Balaban J connectivity index is 1.90. The highest BCUT2D eigenvalue weighted by molar-refractivity contribution is 5.08. The minimum atomic E-state index is -0.366. The van der Waals surface area contributed by atoms with Crippen molar-refractivity contribution in [3.63, 3.8) is 0 Å². The molecule has 0 bridgehead atoms. The fourth-order valence-corrected chi connectivity index (χ4v) is 5.63. The van der Waals surface area contributed by atoms with Crippen molar-refractivity contribution in [2.75, 3.05) is 6.61 Å². The molecule has 3 unspecified atom stereocenters. The Morgan fingerprint density at radius 1 is 0.895 bits per heavy atom. The minimum Gasteiger partial charge on any atom is -0.396 e. The van der Waals surface area contributed by atoms with E-state index in [1.54, 1.807) is 0 Å². The van der Waals surface area contributed by atoms with Gasteiger partial charge in [0.1, 0.15) is 0 Å².